The van der Waals surface area contributed by atoms with Crippen LogP contribution in [-0.2, 0) is 4.79 Å². The highest BCUT2D eigenvalue weighted by Gasteiger charge is 2.34. The van der Waals surface area contributed by atoms with Gasteiger partial charge >= 0.3 is 0 Å². The van der Waals surface area contributed by atoms with Crippen molar-refractivity contribution >= 4 is 29.0 Å². The van der Waals surface area contributed by atoms with Gasteiger partial charge in [0.15, 0.2) is 11.0 Å². The molecule has 2 aromatic rings. The van der Waals surface area contributed by atoms with Gasteiger partial charge in [-0.2, -0.15) is 0 Å². The van der Waals surface area contributed by atoms with Crippen LogP contribution in [0.5, 0.6) is 0 Å². The normalized spacial score (nSPS) is 25.4. The Bertz CT molecular complexity index is 799. The molecule has 3 heterocycles. The third-order valence-electron chi connectivity index (χ3n) is 6.29. The van der Waals surface area contributed by atoms with E-state index < -0.39 is 0 Å². The minimum absolute atomic E-state index is 0.270. The lowest BCUT2D eigenvalue weighted by Crippen LogP contribution is -2.45. The average Bonchev–Trinajstić information content (AvgIpc) is 3.23. The number of rotatable bonds is 5. The molecule has 0 aromatic carbocycles. The summed E-state index contributed by atoms with van der Waals surface area (Å²) >= 11 is 3.27. The Balaban J connectivity index is 1.24. The molecule has 3 fully saturated rings. The first-order valence-corrected chi connectivity index (χ1v) is 12.1. The zero-order valence-corrected chi connectivity index (χ0v) is 17.2. The molecule has 27 heavy (non-hydrogen) atoms. The van der Waals surface area contributed by atoms with Crippen LogP contribution in [0.4, 0.5) is 0 Å². The van der Waals surface area contributed by atoms with Gasteiger partial charge in [0.25, 0.3) is 0 Å². The first-order chi connectivity index (χ1) is 13.3. The molecule has 7 heteroatoms. The Morgan fingerprint density at radius 1 is 1.15 bits per heavy atom. The summed E-state index contributed by atoms with van der Waals surface area (Å²) in [5, 5.41) is 11.9. The maximum Gasteiger partial charge on any atom is 0.233 e. The van der Waals surface area contributed by atoms with E-state index in [9.17, 15) is 4.79 Å². The van der Waals surface area contributed by atoms with Crippen molar-refractivity contribution in [1.82, 2.24) is 19.7 Å². The second kappa shape index (κ2) is 7.59. The van der Waals surface area contributed by atoms with Crippen LogP contribution in [0.1, 0.15) is 51.0 Å². The molecule has 2 saturated carbocycles. The van der Waals surface area contributed by atoms with Crippen LogP contribution in [0.15, 0.2) is 22.7 Å². The molecule has 5 nitrogen and oxygen atoms in total. The third-order valence-corrected chi connectivity index (χ3v) is 8.08. The second-order valence-electron chi connectivity index (χ2n) is 8.11. The molecule has 1 amide bonds. The van der Waals surface area contributed by atoms with Gasteiger partial charge in [0.1, 0.15) is 0 Å². The summed E-state index contributed by atoms with van der Waals surface area (Å²) in [4.78, 5) is 16.1. The summed E-state index contributed by atoms with van der Waals surface area (Å²) in [6.07, 6.45) is 8.98. The first kappa shape index (κ1) is 17.7. The molecular formula is C20H26N4OS2. The van der Waals surface area contributed by atoms with Crippen molar-refractivity contribution in [2.45, 2.75) is 56.1 Å². The summed E-state index contributed by atoms with van der Waals surface area (Å²) in [6, 6.07) is 4.66. The lowest BCUT2D eigenvalue weighted by molar-refractivity contribution is -0.131. The van der Waals surface area contributed by atoms with Crippen molar-refractivity contribution in [3.05, 3.63) is 17.5 Å². The van der Waals surface area contributed by atoms with Crippen molar-refractivity contribution in [2.24, 2.45) is 11.8 Å². The Hall–Kier alpha value is -1.34. The zero-order valence-electron chi connectivity index (χ0n) is 15.5. The van der Waals surface area contributed by atoms with Gasteiger partial charge in [-0.3, -0.25) is 9.36 Å². The summed E-state index contributed by atoms with van der Waals surface area (Å²) in [5.41, 5.74) is 0. The van der Waals surface area contributed by atoms with Gasteiger partial charge in [0.05, 0.1) is 10.6 Å². The second-order valence-corrected chi connectivity index (χ2v) is 10.00. The van der Waals surface area contributed by atoms with E-state index in [0.29, 0.717) is 11.8 Å². The molecule has 0 bridgehead atoms. The molecule has 0 spiro atoms. The zero-order chi connectivity index (χ0) is 18.2. The van der Waals surface area contributed by atoms with E-state index in [1.165, 1.54) is 44.9 Å². The summed E-state index contributed by atoms with van der Waals surface area (Å²) in [6.45, 7) is 1.91. The smallest absolute Gasteiger partial charge is 0.233 e. The molecular weight excluding hydrogens is 376 g/mol. The fourth-order valence-corrected chi connectivity index (χ4v) is 6.27. The van der Waals surface area contributed by atoms with Crippen molar-refractivity contribution < 1.29 is 4.79 Å². The van der Waals surface area contributed by atoms with E-state index in [1.807, 2.05) is 0 Å². The topological polar surface area (TPSA) is 51.0 Å². The summed E-state index contributed by atoms with van der Waals surface area (Å²) in [7, 11) is 0. The fourth-order valence-electron chi connectivity index (χ4n) is 4.66. The van der Waals surface area contributed by atoms with Gasteiger partial charge < -0.3 is 4.90 Å². The molecule has 5 rings (SSSR count). The number of hydrogen-bond acceptors (Lipinski definition) is 5. The molecule has 0 N–H and O–H groups in total. The number of aromatic nitrogens is 3. The number of likely N-dealkylation sites (tertiary alicyclic amines) is 1. The molecule has 2 aromatic heterocycles. The number of fused-ring (bicyclic) bond motifs is 1. The van der Waals surface area contributed by atoms with Crippen LogP contribution >= 0.6 is 23.1 Å². The summed E-state index contributed by atoms with van der Waals surface area (Å²) in [5.74, 6) is 3.31. The maximum atomic E-state index is 12.8. The van der Waals surface area contributed by atoms with E-state index in [1.54, 1.807) is 23.1 Å². The minimum atomic E-state index is 0.270. The van der Waals surface area contributed by atoms with Crippen LogP contribution in [0.2, 0.25) is 0 Å². The van der Waals surface area contributed by atoms with Gasteiger partial charge in [0, 0.05) is 19.1 Å². The predicted molar refractivity (Wildman–Crippen MR) is 109 cm³/mol. The maximum absolute atomic E-state index is 12.8. The van der Waals surface area contributed by atoms with Crippen LogP contribution in [-0.4, -0.2) is 44.4 Å². The molecule has 0 unspecified atom stereocenters. The van der Waals surface area contributed by atoms with E-state index >= 15 is 0 Å². The van der Waals surface area contributed by atoms with Gasteiger partial charge in [-0.25, -0.2) is 0 Å². The number of carbonyl (C=O) groups excluding carboxylic acids is 1. The van der Waals surface area contributed by atoms with E-state index in [-0.39, 0.29) is 5.91 Å². The molecule has 1 saturated heterocycles. The highest BCUT2D eigenvalue weighted by atomic mass is 32.2. The van der Waals surface area contributed by atoms with E-state index in [4.69, 9.17) is 0 Å². The lowest BCUT2D eigenvalue weighted by atomic mass is 9.75. The fraction of sp³-hybridized carbons (Fsp3) is 0.650. The molecule has 3 aliphatic rings. The quantitative estimate of drug-likeness (QED) is 0.692. The first-order valence-electron chi connectivity index (χ1n) is 10.2. The number of thioether (sulfide) groups is 1. The number of carbonyl (C=O) groups is 1. The van der Waals surface area contributed by atoms with Crippen molar-refractivity contribution in [1.29, 1.82) is 0 Å². The highest BCUT2D eigenvalue weighted by molar-refractivity contribution is 7.99. The predicted octanol–water partition coefficient (Wildman–Crippen LogP) is 4.47. The average molecular weight is 403 g/mol. The Kier molecular flexibility index (Phi) is 4.98. The van der Waals surface area contributed by atoms with Gasteiger partial charge in [-0.1, -0.05) is 37.1 Å². The standard InChI is InChI=1S/C20H26N4OS2/c25-18(23-10-9-14-4-1-2-5-15(14)12-23)13-27-20-22-21-19(17-6-3-11-26-17)24(20)16-7-8-16/h3,6,11,14-16H,1-2,4-5,7-10,12-13H2/t14-,15-/m0/s1. The lowest BCUT2D eigenvalue weighted by Gasteiger charge is -2.41. The molecule has 1 aliphatic heterocycles. The van der Waals surface area contributed by atoms with Crippen LogP contribution in [0.25, 0.3) is 10.7 Å². The van der Waals surface area contributed by atoms with Gasteiger partial charge in [0.2, 0.25) is 5.91 Å². The van der Waals surface area contributed by atoms with Crippen molar-refractivity contribution in [2.75, 3.05) is 18.8 Å². The molecule has 2 aliphatic carbocycles. The van der Waals surface area contributed by atoms with Crippen LogP contribution < -0.4 is 0 Å². The molecule has 144 valence electrons. The number of piperidine rings is 1. The summed E-state index contributed by atoms with van der Waals surface area (Å²) < 4.78 is 2.26. The van der Waals surface area contributed by atoms with Gasteiger partial charge in [-0.15, -0.1) is 21.5 Å². The molecule has 2 atom stereocenters. The minimum Gasteiger partial charge on any atom is -0.342 e. The Morgan fingerprint density at radius 3 is 2.78 bits per heavy atom. The Morgan fingerprint density at radius 2 is 2.00 bits per heavy atom. The monoisotopic (exact) mass is 402 g/mol. The van der Waals surface area contributed by atoms with Crippen LogP contribution in [0.3, 0.4) is 0 Å². The van der Waals surface area contributed by atoms with E-state index in [0.717, 1.165) is 40.8 Å². The number of nitrogens with zero attached hydrogens (tertiary/aromatic N) is 4. The third kappa shape index (κ3) is 3.68. The number of amides is 1. The van der Waals surface area contributed by atoms with Crippen molar-refractivity contribution in [3.63, 3.8) is 0 Å². The van der Waals surface area contributed by atoms with Gasteiger partial charge in [-0.05, 0) is 49.0 Å². The Labute approximate surface area is 168 Å². The number of hydrogen-bond donors (Lipinski definition) is 0. The van der Waals surface area contributed by atoms with Crippen LogP contribution in [0, 0.1) is 11.8 Å². The number of thiophene rings is 1. The highest BCUT2D eigenvalue weighted by Crippen LogP contribution is 2.42. The van der Waals surface area contributed by atoms with E-state index in [2.05, 4.69) is 37.2 Å². The SMILES string of the molecule is O=C(CSc1nnc(-c2cccs2)n1C1CC1)N1CC[C@@H]2CCCC[C@H]2C1. The van der Waals surface area contributed by atoms with Crippen molar-refractivity contribution in [3.8, 4) is 10.7 Å². The largest absolute Gasteiger partial charge is 0.342 e. The molecule has 0 radical (unpaired) electrons.